The van der Waals surface area contributed by atoms with Crippen LogP contribution in [-0.4, -0.2) is 34.1 Å². The Morgan fingerprint density at radius 2 is 2.17 bits per heavy atom. The van der Waals surface area contributed by atoms with E-state index < -0.39 is 6.10 Å². The Balaban J connectivity index is 1.88. The van der Waals surface area contributed by atoms with Gasteiger partial charge in [-0.2, -0.15) is 0 Å². The van der Waals surface area contributed by atoms with Crippen LogP contribution >= 0.6 is 0 Å². The number of hydrogen-bond donors (Lipinski definition) is 1. The normalized spacial score (nSPS) is 24.6. The first-order chi connectivity index (χ1) is 11.7. The predicted octanol–water partition coefficient (Wildman–Crippen LogP) is 4.19. The largest absolute Gasteiger partial charge is 0.387 e. The Hall–Kier alpha value is -1.71. The molecule has 1 aliphatic heterocycles. The van der Waals surface area contributed by atoms with Crippen molar-refractivity contribution in [2.24, 2.45) is 11.8 Å². The van der Waals surface area contributed by atoms with E-state index in [1.165, 1.54) is 0 Å². The zero-order chi connectivity index (χ0) is 17.1. The van der Waals surface area contributed by atoms with E-state index >= 15 is 0 Å². The second-order valence-electron chi connectivity index (χ2n) is 7.00. The van der Waals surface area contributed by atoms with E-state index in [2.05, 4.69) is 42.5 Å². The van der Waals surface area contributed by atoms with Gasteiger partial charge in [-0.25, -0.2) is 0 Å². The fraction of sp³-hybridized carbons (Fsp3) is 0.476. The van der Waals surface area contributed by atoms with Crippen molar-refractivity contribution in [3.8, 4) is 0 Å². The second-order valence-corrected chi connectivity index (χ2v) is 7.00. The average molecular weight is 324 g/mol. The van der Waals surface area contributed by atoms with E-state index in [0.29, 0.717) is 11.8 Å². The lowest BCUT2D eigenvalue weighted by Crippen LogP contribution is -2.47. The quantitative estimate of drug-likeness (QED) is 0.838. The van der Waals surface area contributed by atoms with Crippen LogP contribution in [0, 0.1) is 11.8 Å². The molecule has 0 aliphatic carbocycles. The van der Waals surface area contributed by atoms with Crippen molar-refractivity contribution in [2.75, 3.05) is 13.1 Å². The highest BCUT2D eigenvalue weighted by Gasteiger charge is 2.32. The number of para-hydroxylation sites is 1. The summed E-state index contributed by atoms with van der Waals surface area (Å²) in [4.78, 5) is 6.87. The fourth-order valence-corrected chi connectivity index (χ4v) is 4.00. The molecule has 0 amide bonds. The van der Waals surface area contributed by atoms with Crippen LogP contribution in [0.4, 0.5) is 0 Å². The molecule has 1 aliphatic rings. The summed E-state index contributed by atoms with van der Waals surface area (Å²) in [5.41, 5.74) is 1.93. The van der Waals surface area contributed by atoms with Gasteiger partial charge in [-0.15, -0.1) is 6.58 Å². The summed E-state index contributed by atoms with van der Waals surface area (Å²) >= 11 is 0. The van der Waals surface area contributed by atoms with Gasteiger partial charge in [0.15, 0.2) is 0 Å². The van der Waals surface area contributed by atoms with Crippen molar-refractivity contribution >= 4 is 10.9 Å². The van der Waals surface area contributed by atoms with Gasteiger partial charge in [-0.05, 0) is 48.9 Å². The van der Waals surface area contributed by atoms with Crippen molar-refractivity contribution < 1.29 is 5.11 Å². The minimum atomic E-state index is -0.498. The molecule has 0 bridgehead atoms. The molecule has 1 aromatic carbocycles. The van der Waals surface area contributed by atoms with Crippen LogP contribution in [0.1, 0.15) is 38.4 Å². The molecule has 3 rings (SSSR count). The Bertz CT molecular complexity index is 694. The molecule has 3 nitrogen and oxygen atoms in total. The molecule has 0 spiro atoms. The second kappa shape index (κ2) is 7.45. The van der Waals surface area contributed by atoms with Crippen LogP contribution in [-0.2, 0) is 0 Å². The molecule has 1 aromatic heterocycles. The third kappa shape index (κ3) is 3.24. The number of fused-ring (bicyclic) bond motifs is 1. The number of hydrogen-bond acceptors (Lipinski definition) is 3. The summed E-state index contributed by atoms with van der Waals surface area (Å²) in [5.74, 6) is 1.18. The number of likely N-dealkylation sites (tertiary alicyclic amines) is 1. The van der Waals surface area contributed by atoms with Gasteiger partial charge < -0.3 is 5.11 Å². The number of aromatic nitrogens is 1. The van der Waals surface area contributed by atoms with Gasteiger partial charge in [0, 0.05) is 24.2 Å². The molecule has 1 fully saturated rings. The van der Waals surface area contributed by atoms with Gasteiger partial charge in [-0.3, -0.25) is 9.88 Å². The number of benzene rings is 1. The first-order valence-corrected chi connectivity index (χ1v) is 9.04. The summed E-state index contributed by atoms with van der Waals surface area (Å²) in [7, 11) is 0. The highest BCUT2D eigenvalue weighted by atomic mass is 16.3. The fourth-order valence-electron chi connectivity index (χ4n) is 4.00. The Morgan fingerprint density at radius 3 is 2.92 bits per heavy atom. The molecule has 4 unspecified atom stereocenters. The van der Waals surface area contributed by atoms with E-state index in [0.717, 1.165) is 42.4 Å². The molecule has 2 heterocycles. The highest BCUT2D eigenvalue weighted by molar-refractivity contribution is 5.82. The van der Waals surface area contributed by atoms with Crippen LogP contribution < -0.4 is 0 Å². The molecule has 3 heteroatoms. The van der Waals surface area contributed by atoms with Gasteiger partial charge in [0.1, 0.15) is 0 Å². The lowest BCUT2D eigenvalue weighted by molar-refractivity contribution is 0.0169. The van der Waals surface area contributed by atoms with E-state index in [1.807, 2.05) is 24.3 Å². The molecule has 24 heavy (non-hydrogen) atoms. The maximum Gasteiger partial charge on any atom is 0.0952 e. The molecule has 4 atom stereocenters. The number of piperidine rings is 1. The van der Waals surface area contributed by atoms with Gasteiger partial charge >= 0.3 is 0 Å². The van der Waals surface area contributed by atoms with Gasteiger partial charge in [-0.1, -0.05) is 38.1 Å². The van der Waals surface area contributed by atoms with E-state index in [9.17, 15) is 5.11 Å². The van der Waals surface area contributed by atoms with Crippen LogP contribution in [0.25, 0.3) is 10.9 Å². The van der Waals surface area contributed by atoms with Crippen LogP contribution in [0.3, 0.4) is 0 Å². The van der Waals surface area contributed by atoms with Gasteiger partial charge in [0.2, 0.25) is 0 Å². The number of aliphatic hydroxyl groups is 1. The SMILES string of the molecule is C=CC1CN(C(CC)C(O)c2ccnc3ccccc23)CCC1C. The summed E-state index contributed by atoms with van der Waals surface area (Å²) in [6.07, 6.45) is 5.48. The average Bonchev–Trinajstić information content (AvgIpc) is 2.63. The van der Waals surface area contributed by atoms with Crippen LogP contribution in [0.15, 0.2) is 49.2 Å². The van der Waals surface area contributed by atoms with E-state index in [4.69, 9.17) is 0 Å². The minimum Gasteiger partial charge on any atom is -0.387 e. The predicted molar refractivity (Wildman–Crippen MR) is 99.8 cm³/mol. The molecule has 0 radical (unpaired) electrons. The van der Waals surface area contributed by atoms with Crippen molar-refractivity contribution in [3.05, 3.63) is 54.7 Å². The maximum atomic E-state index is 11.2. The lowest BCUT2D eigenvalue weighted by Gasteiger charge is -2.42. The molecule has 1 saturated heterocycles. The lowest BCUT2D eigenvalue weighted by atomic mass is 9.85. The van der Waals surface area contributed by atoms with Gasteiger partial charge in [0.25, 0.3) is 0 Å². The maximum absolute atomic E-state index is 11.2. The Kier molecular flexibility index (Phi) is 5.32. The van der Waals surface area contributed by atoms with Gasteiger partial charge in [0.05, 0.1) is 11.6 Å². The first-order valence-electron chi connectivity index (χ1n) is 9.04. The molecule has 128 valence electrons. The smallest absolute Gasteiger partial charge is 0.0952 e. The molecule has 1 N–H and O–H groups in total. The van der Waals surface area contributed by atoms with Crippen molar-refractivity contribution in [2.45, 2.75) is 38.8 Å². The topological polar surface area (TPSA) is 36.4 Å². The van der Waals surface area contributed by atoms with E-state index in [1.54, 1.807) is 6.20 Å². The Morgan fingerprint density at radius 1 is 1.38 bits per heavy atom. The number of pyridine rings is 1. The first kappa shape index (κ1) is 17.1. The standard InChI is InChI=1S/C21H28N2O/c1-4-16-14-23(13-11-15(16)3)20(5-2)21(24)18-10-12-22-19-9-7-6-8-17(18)19/h4,6-10,12,15-16,20-21,24H,1,5,11,13-14H2,2-3H3. The highest BCUT2D eigenvalue weighted by Crippen LogP contribution is 2.32. The number of rotatable bonds is 5. The molecular weight excluding hydrogens is 296 g/mol. The zero-order valence-corrected chi connectivity index (χ0v) is 14.7. The third-order valence-electron chi connectivity index (χ3n) is 5.60. The number of aliphatic hydroxyl groups excluding tert-OH is 1. The van der Waals surface area contributed by atoms with Crippen LogP contribution in [0.5, 0.6) is 0 Å². The van der Waals surface area contributed by atoms with Crippen LogP contribution in [0.2, 0.25) is 0 Å². The minimum absolute atomic E-state index is 0.130. The molecule has 2 aromatic rings. The number of nitrogens with zero attached hydrogens (tertiary/aromatic N) is 2. The zero-order valence-electron chi connectivity index (χ0n) is 14.7. The van der Waals surface area contributed by atoms with Crippen molar-refractivity contribution in [1.82, 2.24) is 9.88 Å². The molecule has 0 saturated carbocycles. The monoisotopic (exact) mass is 324 g/mol. The van der Waals surface area contributed by atoms with Crippen molar-refractivity contribution in [3.63, 3.8) is 0 Å². The summed E-state index contributed by atoms with van der Waals surface area (Å²) < 4.78 is 0. The van der Waals surface area contributed by atoms with Crippen molar-refractivity contribution in [1.29, 1.82) is 0 Å². The molecular formula is C21H28N2O. The Labute approximate surface area is 145 Å². The van der Waals surface area contributed by atoms with E-state index in [-0.39, 0.29) is 6.04 Å². The summed E-state index contributed by atoms with van der Waals surface area (Å²) in [5, 5.41) is 12.2. The summed E-state index contributed by atoms with van der Waals surface area (Å²) in [6.45, 7) is 10.5. The summed E-state index contributed by atoms with van der Waals surface area (Å²) in [6, 6.07) is 10.2. The third-order valence-corrected chi connectivity index (χ3v) is 5.60.